The van der Waals surface area contributed by atoms with Crippen LogP contribution in [0.1, 0.15) is 18.3 Å². The Morgan fingerprint density at radius 3 is 2.92 bits per heavy atom. The van der Waals surface area contributed by atoms with Crippen LogP contribution in [0.5, 0.6) is 0 Å². The van der Waals surface area contributed by atoms with E-state index in [-0.39, 0.29) is 5.56 Å². The third kappa shape index (κ3) is 1.32. The summed E-state index contributed by atoms with van der Waals surface area (Å²) in [5.41, 5.74) is 4.23. The molecule has 1 aromatic heterocycles. The van der Waals surface area contributed by atoms with E-state index in [1.54, 1.807) is 6.92 Å². The molecule has 0 amide bonds. The summed E-state index contributed by atoms with van der Waals surface area (Å²) < 4.78 is 0. The summed E-state index contributed by atoms with van der Waals surface area (Å²) in [6, 6.07) is 0. The minimum atomic E-state index is -0.0794. The molecular weight excluding hydrogens is 168 g/mol. The summed E-state index contributed by atoms with van der Waals surface area (Å²) in [6.07, 6.45) is 0.574. The van der Waals surface area contributed by atoms with Crippen LogP contribution in [0.2, 0.25) is 0 Å². The van der Waals surface area contributed by atoms with Gasteiger partial charge in [0, 0.05) is 12.1 Å². The van der Waals surface area contributed by atoms with Crippen molar-refractivity contribution in [1.82, 2.24) is 9.97 Å². The van der Waals surface area contributed by atoms with Crippen LogP contribution in [0.15, 0.2) is 9.90 Å². The lowest BCUT2D eigenvalue weighted by Gasteiger charge is -2.12. The average Bonchev–Trinajstić information content (AvgIpc) is 2.06. The summed E-state index contributed by atoms with van der Waals surface area (Å²) in [5.74, 6) is 1.18. The van der Waals surface area contributed by atoms with Crippen molar-refractivity contribution in [3.05, 3.63) is 21.7 Å². The first kappa shape index (κ1) is 7.97. The monoisotopic (exact) mass is 178 g/mol. The van der Waals surface area contributed by atoms with E-state index in [1.807, 2.05) is 6.92 Å². The highest BCUT2D eigenvalue weighted by molar-refractivity contribution is 5.87. The summed E-state index contributed by atoms with van der Waals surface area (Å²) in [5, 5.41) is 4.00. The number of nitrogens with one attached hydrogen (secondary N) is 2. The Labute approximate surface area is 74.9 Å². The summed E-state index contributed by atoms with van der Waals surface area (Å²) >= 11 is 0. The zero-order chi connectivity index (χ0) is 9.42. The van der Waals surface area contributed by atoms with Gasteiger partial charge in [-0.1, -0.05) is 0 Å². The van der Waals surface area contributed by atoms with Crippen LogP contribution in [-0.4, -0.2) is 15.7 Å². The van der Waals surface area contributed by atoms with Crippen molar-refractivity contribution in [3.63, 3.8) is 0 Å². The number of aromatic nitrogens is 2. The van der Waals surface area contributed by atoms with Gasteiger partial charge in [-0.15, -0.1) is 0 Å². The van der Waals surface area contributed by atoms with Gasteiger partial charge in [0.1, 0.15) is 5.82 Å². The minimum absolute atomic E-state index is 0.0794. The van der Waals surface area contributed by atoms with Crippen molar-refractivity contribution in [1.29, 1.82) is 0 Å². The first-order valence-electron chi connectivity index (χ1n) is 4.06. The first-order valence-corrected chi connectivity index (χ1v) is 4.06. The summed E-state index contributed by atoms with van der Waals surface area (Å²) in [4.78, 5) is 18.2. The zero-order valence-corrected chi connectivity index (χ0v) is 7.51. The van der Waals surface area contributed by atoms with E-state index in [1.165, 1.54) is 0 Å². The highest BCUT2D eigenvalue weighted by atomic mass is 16.1. The van der Waals surface area contributed by atoms with E-state index in [2.05, 4.69) is 20.5 Å². The van der Waals surface area contributed by atoms with Crippen LogP contribution in [0, 0.1) is 6.92 Å². The number of rotatable bonds is 0. The molecule has 0 atom stereocenters. The molecule has 2 heterocycles. The normalized spacial score (nSPS) is 14.5. The highest BCUT2D eigenvalue weighted by Gasteiger charge is 2.14. The predicted molar refractivity (Wildman–Crippen MR) is 50.0 cm³/mol. The van der Waals surface area contributed by atoms with Crippen molar-refractivity contribution in [2.24, 2.45) is 5.10 Å². The molecule has 0 saturated carbocycles. The molecule has 0 spiro atoms. The Bertz CT molecular complexity index is 432. The molecule has 5 heteroatoms. The molecule has 2 rings (SSSR count). The van der Waals surface area contributed by atoms with Crippen molar-refractivity contribution in [2.45, 2.75) is 20.3 Å². The molecule has 68 valence electrons. The molecule has 0 unspecified atom stereocenters. The Morgan fingerprint density at radius 1 is 1.38 bits per heavy atom. The van der Waals surface area contributed by atoms with Crippen LogP contribution in [0.3, 0.4) is 0 Å². The second kappa shape index (κ2) is 2.69. The van der Waals surface area contributed by atoms with Gasteiger partial charge in [-0.05, 0) is 13.8 Å². The van der Waals surface area contributed by atoms with Gasteiger partial charge in [-0.3, -0.25) is 10.2 Å². The smallest absolute Gasteiger partial charge is 0.256 e. The molecule has 5 nitrogen and oxygen atoms in total. The second-order valence-electron chi connectivity index (χ2n) is 3.11. The van der Waals surface area contributed by atoms with Gasteiger partial charge in [0.25, 0.3) is 5.56 Å². The number of nitrogens with zero attached hydrogens (tertiary/aromatic N) is 2. The molecule has 0 aliphatic carbocycles. The van der Waals surface area contributed by atoms with Gasteiger partial charge in [0.2, 0.25) is 0 Å². The fourth-order valence-electron chi connectivity index (χ4n) is 1.31. The van der Waals surface area contributed by atoms with Crippen LogP contribution in [0.25, 0.3) is 0 Å². The Balaban J connectivity index is 2.59. The van der Waals surface area contributed by atoms with E-state index >= 15 is 0 Å². The number of hydrogen-bond donors (Lipinski definition) is 2. The number of aryl methyl sites for hydroxylation is 1. The van der Waals surface area contributed by atoms with Crippen LogP contribution in [0.4, 0.5) is 5.82 Å². The van der Waals surface area contributed by atoms with Gasteiger partial charge in [-0.25, -0.2) is 4.98 Å². The lowest BCUT2D eigenvalue weighted by Crippen LogP contribution is -2.23. The highest BCUT2D eigenvalue weighted by Crippen LogP contribution is 2.13. The third-order valence-corrected chi connectivity index (χ3v) is 1.92. The average molecular weight is 178 g/mol. The molecule has 2 N–H and O–H groups in total. The van der Waals surface area contributed by atoms with E-state index in [4.69, 9.17) is 0 Å². The van der Waals surface area contributed by atoms with Gasteiger partial charge in [-0.2, -0.15) is 5.10 Å². The SMILES string of the molecule is CC1=NNc2nc(C)[nH]c(=O)c2C1. The molecule has 1 aliphatic heterocycles. The fraction of sp³-hybridized carbons (Fsp3) is 0.375. The van der Waals surface area contributed by atoms with E-state index < -0.39 is 0 Å². The molecule has 1 aromatic rings. The number of hydrazone groups is 1. The number of aromatic amines is 1. The predicted octanol–water partition coefficient (Wildman–Crippen LogP) is 0.422. The van der Waals surface area contributed by atoms with Crippen molar-refractivity contribution in [2.75, 3.05) is 5.43 Å². The Morgan fingerprint density at radius 2 is 2.15 bits per heavy atom. The lowest BCUT2D eigenvalue weighted by molar-refractivity contribution is 0.959. The standard InChI is InChI=1S/C8H10N4O/c1-4-3-6-7(12-11-4)9-5(2)10-8(6)13/h3H2,1-2H3,(H2,9,10,12,13). The van der Waals surface area contributed by atoms with Gasteiger partial charge in [0.15, 0.2) is 5.82 Å². The third-order valence-electron chi connectivity index (χ3n) is 1.92. The van der Waals surface area contributed by atoms with Crippen LogP contribution >= 0.6 is 0 Å². The maximum absolute atomic E-state index is 11.4. The topological polar surface area (TPSA) is 70.1 Å². The Kier molecular flexibility index (Phi) is 1.65. The summed E-state index contributed by atoms with van der Waals surface area (Å²) in [7, 11) is 0. The van der Waals surface area contributed by atoms with E-state index in [9.17, 15) is 4.79 Å². The maximum atomic E-state index is 11.4. The van der Waals surface area contributed by atoms with Gasteiger partial charge in [0.05, 0.1) is 5.56 Å². The minimum Gasteiger partial charge on any atom is -0.310 e. The van der Waals surface area contributed by atoms with Gasteiger partial charge < -0.3 is 4.98 Å². The maximum Gasteiger partial charge on any atom is 0.256 e. The Hall–Kier alpha value is -1.65. The molecule has 0 saturated heterocycles. The second-order valence-corrected chi connectivity index (χ2v) is 3.11. The molecule has 1 aliphatic rings. The van der Waals surface area contributed by atoms with Crippen molar-refractivity contribution >= 4 is 11.5 Å². The van der Waals surface area contributed by atoms with E-state index in [0.717, 1.165) is 5.71 Å². The van der Waals surface area contributed by atoms with Crippen LogP contribution in [-0.2, 0) is 6.42 Å². The molecule has 0 radical (unpaired) electrons. The van der Waals surface area contributed by atoms with Crippen molar-refractivity contribution in [3.8, 4) is 0 Å². The molecule has 0 fully saturated rings. The molecular formula is C8H10N4O. The number of anilines is 1. The fourth-order valence-corrected chi connectivity index (χ4v) is 1.31. The lowest BCUT2D eigenvalue weighted by atomic mass is 10.1. The molecule has 13 heavy (non-hydrogen) atoms. The molecule has 0 aromatic carbocycles. The number of H-pyrrole nitrogens is 1. The number of fused-ring (bicyclic) bond motifs is 1. The largest absolute Gasteiger partial charge is 0.310 e. The summed E-state index contributed by atoms with van der Waals surface area (Å²) in [6.45, 7) is 3.61. The molecule has 0 bridgehead atoms. The van der Waals surface area contributed by atoms with Gasteiger partial charge >= 0.3 is 0 Å². The van der Waals surface area contributed by atoms with Crippen molar-refractivity contribution < 1.29 is 0 Å². The first-order chi connectivity index (χ1) is 6.16. The number of hydrogen-bond acceptors (Lipinski definition) is 4. The quantitative estimate of drug-likeness (QED) is 0.605. The van der Waals surface area contributed by atoms with E-state index in [0.29, 0.717) is 23.6 Å². The van der Waals surface area contributed by atoms with Crippen LogP contribution < -0.4 is 11.0 Å². The zero-order valence-electron chi connectivity index (χ0n) is 7.51.